The van der Waals surface area contributed by atoms with Crippen molar-refractivity contribution in [3.63, 3.8) is 0 Å². The van der Waals surface area contributed by atoms with E-state index in [4.69, 9.17) is 23.1 Å². The van der Waals surface area contributed by atoms with Crippen LogP contribution >= 0.6 is 24.0 Å². The summed E-state index contributed by atoms with van der Waals surface area (Å²) in [6.07, 6.45) is 0.441. The Bertz CT molecular complexity index is 336. The van der Waals surface area contributed by atoms with Crippen LogP contribution in [0.25, 0.3) is 0 Å². The number of hydrogen-bond acceptors (Lipinski definition) is 3. The summed E-state index contributed by atoms with van der Waals surface area (Å²) in [7, 11) is 0. The lowest BCUT2D eigenvalue weighted by molar-refractivity contribution is 0.419. The minimum Gasteiger partial charge on any atom is -0.505 e. The molecule has 0 radical (unpaired) electrons. The number of hydrogen-bond donors (Lipinski definition) is 3. The van der Waals surface area contributed by atoms with Crippen molar-refractivity contribution in [1.82, 2.24) is 0 Å². The molecule has 0 aliphatic rings. The van der Waals surface area contributed by atoms with Gasteiger partial charge in [0.05, 0.1) is 0 Å². The largest absolute Gasteiger partial charge is 0.505 e. The lowest BCUT2D eigenvalue weighted by Gasteiger charge is -2.14. The Labute approximate surface area is 98.6 Å². The molecule has 3 nitrogen and oxygen atoms in total. The van der Waals surface area contributed by atoms with Crippen LogP contribution < -0.4 is 11.5 Å². The smallest absolute Gasteiger partial charge is 0.165 e. The second kappa shape index (κ2) is 6.12. The summed E-state index contributed by atoms with van der Waals surface area (Å²) < 4.78 is 13.0. The van der Waals surface area contributed by atoms with Gasteiger partial charge in [0.2, 0.25) is 0 Å². The Morgan fingerprint density at radius 3 is 2.60 bits per heavy atom. The van der Waals surface area contributed by atoms with Crippen molar-refractivity contribution in [2.24, 2.45) is 11.5 Å². The molecule has 0 unspecified atom stereocenters. The standard InChI is InChI=1S/C9H12ClFN2O.ClH/c10-5-1-2-6(11)9(14)8(5)7(13)3-4-12;/h1-2,7,14H,3-4,12-13H2;1H/t7-;/m0./s1. The highest BCUT2D eigenvalue weighted by atomic mass is 35.5. The molecule has 1 atom stereocenters. The van der Waals surface area contributed by atoms with E-state index in [2.05, 4.69) is 0 Å². The van der Waals surface area contributed by atoms with Crippen LogP contribution in [0.2, 0.25) is 5.02 Å². The van der Waals surface area contributed by atoms with Gasteiger partial charge in [-0.1, -0.05) is 11.6 Å². The lowest BCUT2D eigenvalue weighted by Crippen LogP contribution is -2.16. The molecule has 0 amide bonds. The number of benzene rings is 1. The SMILES string of the molecule is Cl.NCC[C@H](N)c1c(Cl)ccc(F)c1O. The van der Waals surface area contributed by atoms with E-state index in [0.29, 0.717) is 13.0 Å². The van der Waals surface area contributed by atoms with Crippen molar-refractivity contribution >= 4 is 24.0 Å². The lowest BCUT2D eigenvalue weighted by atomic mass is 10.0. The third-order valence-electron chi connectivity index (χ3n) is 1.96. The average Bonchev–Trinajstić information content (AvgIpc) is 2.13. The van der Waals surface area contributed by atoms with Crippen molar-refractivity contribution < 1.29 is 9.50 Å². The molecule has 1 aromatic carbocycles. The number of halogens is 3. The van der Waals surface area contributed by atoms with E-state index in [0.717, 1.165) is 6.07 Å². The summed E-state index contributed by atoms with van der Waals surface area (Å²) >= 11 is 5.78. The fourth-order valence-corrected chi connectivity index (χ4v) is 1.53. The van der Waals surface area contributed by atoms with Crippen LogP contribution in [0.15, 0.2) is 12.1 Å². The molecule has 0 aromatic heterocycles. The van der Waals surface area contributed by atoms with Crippen molar-refractivity contribution in [3.8, 4) is 5.75 Å². The summed E-state index contributed by atoms with van der Waals surface area (Å²) in [5, 5.41) is 9.65. The molecule has 1 rings (SSSR count). The van der Waals surface area contributed by atoms with Gasteiger partial charge in [0.25, 0.3) is 0 Å². The first kappa shape index (κ1) is 14.5. The second-order valence-corrected chi connectivity index (χ2v) is 3.38. The maximum atomic E-state index is 13.0. The molecule has 1 aromatic rings. The number of phenols is 1. The Hall–Kier alpha value is -0.550. The highest BCUT2D eigenvalue weighted by Gasteiger charge is 2.17. The van der Waals surface area contributed by atoms with Gasteiger partial charge in [-0.05, 0) is 25.1 Å². The van der Waals surface area contributed by atoms with Crippen molar-refractivity contribution in [2.75, 3.05) is 6.54 Å². The number of nitrogens with two attached hydrogens (primary N) is 2. The maximum absolute atomic E-state index is 13.0. The van der Waals surface area contributed by atoms with Gasteiger partial charge in [-0.2, -0.15) is 0 Å². The van der Waals surface area contributed by atoms with Gasteiger partial charge in [0, 0.05) is 16.6 Å². The van der Waals surface area contributed by atoms with Gasteiger partial charge in [0.1, 0.15) is 0 Å². The second-order valence-electron chi connectivity index (χ2n) is 2.98. The summed E-state index contributed by atoms with van der Waals surface area (Å²) in [4.78, 5) is 0. The third-order valence-corrected chi connectivity index (χ3v) is 2.29. The van der Waals surface area contributed by atoms with Crippen LogP contribution in [0, 0.1) is 5.82 Å². The molecule has 0 saturated heterocycles. The summed E-state index contributed by atoms with van der Waals surface area (Å²) in [5.41, 5.74) is 11.2. The molecule has 0 aliphatic carbocycles. The van der Waals surface area contributed by atoms with Gasteiger partial charge in [-0.3, -0.25) is 0 Å². The van der Waals surface area contributed by atoms with E-state index in [1.54, 1.807) is 0 Å². The van der Waals surface area contributed by atoms with Gasteiger partial charge in [0.15, 0.2) is 11.6 Å². The van der Waals surface area contributed by atoms with E-state index in [1.807, 2.05) is 0 Å². The Morgan fingerprint density at radius 1 is 1.47 bits per heavy atom. The zero-order chi connectivity index (χ0) is 10.7. The average molecular weight is 255 g/mol. The Balaban J connectivity index is 0.00000196. The molecule has 6 heteroatoms. The normalized spacial score (nSPS) is 12.0. The zero-order valence-corrected chi connectivity index (χ0v) is 9.48. The predicted octanol–water partition coefficient (Wildman–Crippen LogP) is 1.96. The van der Waals surface area contributed by atoms with E-state index in [1.165, 1.54) is 6.07 Å². The van der Waals surface area contributed by atoms with Gasteiger partial charge >= 0.3 is 0 Å². The molecular formula is C9H13Cl2FN2O. The quantitative estimate of drug-likeness (QED) is 0.773. The minimum absolute atomic E-state index is 0. The molecule has 0 bridgehead atoms. The molecule has 15 heavy (non-hydrogen) atoms. The van der Waals surface area contributed by atoms with Crippen LogP contribution in [0.3, 0.4) is 0 Å². The van der Waals surface area contributed by atoms with Crippen LogP contribution in [-0.2, 0) is 0 Å². The Morgan fingerprint density at radius 2 is 2.07 bits per heavy atom. The number of phenolic OH excluding ortho intramolecular Hbond substituents is 1. The topological polar surface area (TPSA) is 72.3 Å². The number of aromatic hydroxyl groups is 1. The molecule has 0 aliphatic heterocycles. The van der Waals surface area contributed by atoms with Crippen LogP contribution in [0.4, 0.5) is 4.39 Å². The van der Waals surface area contributed by atoms with E-state index < -0.39 is 17.6 Å². The fourth-order valence-electron chi connectivity index (χ4n) is 1.23. The van der Waals surface area contributed by atoms with Crippen molar-refractivity contribution in [1.29, 1.82) is 0 Å². The summed E-state index contributed by atoms with van der Waals surface area (Å²) in [6.45, 7) is 0.355. The van der Waals surface area contributed by atoms with Crippen molar-refractivity contribution in [3.05, 3.63) is 28.5 Å². The fraction of sp³-hybridized carbons (Fsp3) is 0.333. The first-order chi connectivity index (χ1) is 6.57. The third kappa shape index (κ3) is 3.21. The molecule has 0 heterocycles. The van der Waals surface area contributed by atoms with Crippen molar-refractivity contribution in [2.45, 2.75) is 12.5 Å². The molecular weight excluding hydrogens is 242 g/mol. The predicted molar refractivity (Wildman–Crippen MR) is 60.9 cm³/mol. The first-order valence-corrected chi connectivity index (χ1v) is 4.58. The van der Waals surface area contributed by atoms with Gasteiger partial charge in [-0.15, -0.1) is 12.4 Å². The minimum atomic E-state index is -0.725. The molecule has 86 valence electrons. The summed E-state index contributed by atoms with van der Waals surface area (Å²) in [5.74, 6) is -1.21. The van der Waals surface area contributed by atoms with E-state index in [-0.39, 0.29) is 23.0 Å². The van der Waals surface area contributed by atoms with Crippen LogP contribution in [0.1, 0.15) is 18.0 Å². The zero-order valence-electron chi connectivity index (χ0n) is 7.91. The van der Waals surface area contributed by atoms with Crippen LogP contribution in [-0.4, -0.2) is 11.7 Å². The van der Waals surface area contributed by atoms with E-state index >= 15 is 0 Å². The first-order valence-electron chi connectivity index (χ1n) is 4.20. The monoisotopic (exact) mass is 254 g/mol. The molecule has 5 N–H and O–H groups in total. The summed E-state index contributed by atoms with van der Waals surface area (Å²) in [6, 6.07) is 1.92. The van der Waals surface area contributed by atoms with Crippen LogP contribution in [0.5, 0.6) is 5.75 Å². The van der Waals surface area contributed by atoms with E-state index in [9.17, 15) is 9.50 Å². The highest BCUT2D eigenvalue weighted by molar-refractivity contribution is 6.31. The van der Waals surface area contributed by atoms with Gasteiger partial charge in [-0.25, -0.2) is 4.39 Å². The number of rotatable bonds is 3. The Kier molecular flexibility index (Phi) is 5.90. The molecule has 0 spiro atoms. The molecule has 0 fully saturated rings. The van der Waals surface area contributed by atoms with Gasteiger partial charge < -0.3 is 16.6 Å². The maximum Gasteiger partial charge on any atom is 0.165 e. The molecule has 0 saturated carbocycles. The highest BCUT2D eigenvalue weighted by Crippen LogP contribution is 2.33.